The van der Waals surface area contributed by atoms with Crippen molar-refractivity contribution < 1.29 is 58.3 Å². The first-order valence-corrected chi connectivity index (χ1v) is 24.9. The lowest BCUT2D eigenvalue weighted by atomic mass is 9.55. The van der Waals surface area contributed by atoms with Crippen LogP contribution in [0.15, 0.2) is 127 Å². The monoisotopic (exact) mass is 975 g/mol. The lowest BCUT2D eigenvalue weighted by Gasteiger charge is -2.59. The lowest BCUT2D eigenvalue weighted by molar-refractivity contribution is -0.384. The molecule has 4 aromatic rings. The van der Waals surface area contributed by atoms with Crippen LogP contribution in [0.25, 0.3) is 11.1 Å². The molecule has 16 nitrogen and oxygen atoms in total. The molecule has 1 saturated heterocycles. The van der Waals surface area contributed by atoms with E-state index in [1.807, 2.05) is 60.7 Å². The van der Waals surface area contributed by atoms with Gasteiger partial charge >= 0.3 is 6.09 Å². The van der Waals surface area contributed by atoms with Gasteiger partial charge in [-0.1, -0.05) is 72.6 Å². The summed E-state index contributed by atoms with van der Waals surface area (Å²) in [5, 5.41) is 46.2. The van der Waals surface area contributed by atoms with Crippen molar-refractivity contribution in [1.82, 2.24) is 4.90 Å². The summed E-state index contributed by atoms with van der Waals surface area (Å²) in [4.78, 5) is 33.7. The van der Waals surface area contributed by atoms with E-state index in [0.29, 0.717) is 48.8 Å². The first kappa shape index (κ1) is 51.2. The van der Waals surface area contributed by atoms with E-state index in [1.165, 1.54) is 29.2 Å². The first-order valence-electron chi connectivity index (χ1n) is 24.9. The van der Waals surface area contributed by atoms with Crippen molar-refractivity contribution >= 4 is 17.5 Å². The number of fused-ring (bicyclic) bond motifs is 2. The molecule has 2 aliphatic carbocycles. The average Bonchev–Trinajstić information content (AvgIpc) is 3.39. The van der Waals surface area contributed by atoms with E-state index in [-0.39, 0.29) is 81.8 Å². The van der Waals surface area contributed by atoms with Crippen molar-refractivity contribution in [2.75, 3.05) is 52.8 Å². The van der Waals surface area contributed by atoms with Crippen molar-refractivity contribution in [3.63, 3.8) is 0 Å². The molecule has 0 bridgehead atoms. The molecule has 0 spiro atoms. The highest BCUT2D eigenvalue weighted by atomic mass is 16.8. The number of allylic oxidation sites excluding steroid dienone is 1. The highest BCUT2D eigenvalue weighted by Crippen LogP contribution is 2.62. The average molecular weight is 976 g/mol. The third kappa shape index (κ3) is 12.1. The minimum atomic E-state index is -1.62. The van der Waals surface area contributed by atoms with E-state index >= 15 is 0 Å². The number of aliphatic hydroxyl groups is 3. The van der Waals surface area contributed by atoms with Crippen molar-refractivity contribution in [1.29, 1.82) is 0 Å². The van der Waals surface area contributed by atoms with E-state index in [0.717, 1.165) is 60.8 Å². The standard InChI is InChI=1S/C55H65N3O13/c1-2-31-67-55-50(57(27-33-65-34-30-61)54(62)69-43-23-19-41(20-24-43)58(63)64)37-48(56-71-51-16-8-11-32-66-51)46-35-40(14-6-9-28-59)45(15-7-10-29-60)52(53(46)55)47-36-44(25-26-49(47)70-55)68-42-21-17-39(18-22-42)38-12-4-3-5-13-38/h2-5,12-13,17-26,35-36,40,45,50-53,59-61H,1,6-11,14-16,27-34,37H2. The molecule has 1 amide bonds. The zero-order valence-electron chi connectivity index (χ0n) is 40.1. The highest BCUT2D eigenvalue weighted by molar-refractivity contribution is 6.03. The number of unbranched alkanes of at least 4 members (excludes halogenated alkanes) is 2. The van der Waals surface area contributed by atoms with Gasteiger partial charge in [-0.3, -0.25) is 15.0 Å². The number of nitro groups is 1. The van der Waals surface area contributed by atoms with Crippen LogP contribution in [0.1, 0.15) is 75.7 Å². The molecule has 2 heterocycles. The molecule has 2 fully saturated rings. The van der Waals surface area contributed by atoms with Crippen LogP contribution >= 0.6 is 0 Å². The maximum atomic E-state index is 14.9. The van der Waals surface area contributed by atoms with Gasteiger partial charge in [0.05, 0.1) is 49.6 Å². The van der Waals surface area contributed by atoms with Gasteiger partial charge in [0.2, 0.25) is 12.1 Å². The largest absolute Gasteiger partial charge is 0.459 e. The third-order valence-electron chi connectivity index (χ3n) is 13.8. The summed E-state index contributed by atoms with van der Waals surface area (Å²) < 4.78 is 38.9. The lowest BCUT2D eigenvalue weighted by Crippen LogP contribution is -2.70. The van der Waals surface area contributed by atoms with E-state index in [4.69, 9.17) is 38.4 Å². The highest BCUT2D eigenvalue weighted by Gasteiger charge is 2.66. The summed E-state index contributed by atoms with van der Waals surface area (Å²) in [6.45, 7) is 4.43. The first-order chi connectivity index (χ1) is 34.8. The summed E-state index contributed by atoms with van der Waals surface area (Å²) in [6.07, 6.45) is 9.27. The van der Waals surface area contributed by atoms with Gasteiger partial charge in [-0.05, 0) is 110 Å². The summed E-state index contributed by atoms with van der Waals surface area (Å²) in [7, 11) is 0. The fraction of sp³-hybridized carbons (Fsp3) is 0.455. The molecular weight excluding hydrogens is 911 g/mol. The minimum Gasteiger partial charge on any atom is -0.459 e. The summed E-state index contributed by atoms with van der Waals surface area (Å²) in [6, 6.07) is 28.1. The van der Waals surface area contributed by atoms with Crippen molar-refractivity contribution in [3.8, 4) is 34.1 Å². The number of amides is 1. The van der Waals surface area contributed by atoms with Gasteiger partial charge in [0.25, 0.3) is 5.69 Å². The van der Waals surface area contributed by atoms with Crippen LogP contribution in [0.3, 0.4) is 0 Å². The number of nitro benzene ring substituents is 1. The third-order valence-corrected chi connectivity index (χ3v) is 13.8. The maximum absolute atomic E-state index is 14.9. The molecule has 71 heavy (non-hydrogen) atoms. The Morgan fingerprint density at radius 2 is 1.61 bits per heavy atom. The van der Waals surface area contributed by atoms with Gasteiger partial charge in [0.15, 0.2) is 0 Å². The molecule has 4 aliphatic rings. The van der Waals surface area contributed by atoms with Gasteiger partial charge in [0.1, 0.15) is 29.0 Å². The van der Waals surface area contributed by atoms with E-state index in [9.17, 15) is 30.2 Å². The van der Waals surface area contributed by atoms with Gasteiger partial charge < -0.3 is 48.6 Å². The maximum Gasteiger partial charge on any atom is 0.415 e. The number of hydrogen-bond acceptors (Lipinski definition) is 14. The van der Waals surface area contributed by atoms with Gasteiger partial charge in [-0.25, -0.2) is 4.79 Å². The molecule has 2 aliphatic heterocycles. The predicted molar refractivity (Wildman–Crippen MR) is 265 cm³/mol. The second kappa shape index (κ2) is 24.8. The van der Waals surface area contributed by atoms with E-state index < -0.39 is 35.1 Å². The van der Waals surface area contributed by atoms with Crippen LogP contribution in [0.4, 0.5) is 10.5 Å². The summed E-state index contributed by atoms with van der Waals surface area (Å²) in [5.74, 6) is -0.824. The number of aliphatic hydroxyl groups excluding tert-OH is 3. The minimum absolute atomic E-state index is 0.0000283. The number of nitrogens with zero attached hydrogens (tertiary/aromatic N) is 3. The quantitative estimate of drug-likeness (QED) is 0.0260. The molecule has 7 atom stereocenters. The Morgan fingerprint density at radius 3 is 2.31 bits per heavy atom. The Balaban J connectivity index is 1.29. The Hall–Kier alpha value is -6.14. The van der Waals surface area contributed by atoms with Crippen LogP contribution in [-0.4, -0.2) is 108 Å². The number of benzene rings is 4. The molecule has 8 rings (SSSR count). The van der Waals surface area contributed by atoms with Crippen LogP contribution in [0, 0.1) is 27.9 Å². The van der Waals surface area contributed by atoms with Crippen molar-refractivity contribution in [3.05, 3.63) is 137 Å². The predicted octanol–water partition coefficient (Wildman–Crippen LogP) is 9.72. The molecule has 0 radical (unpaired) electrons. The Kier molecular flexibility index (Phi) is 17.9. The number of rotatable bonds is 24. The number of ether oxygens (including phenoxy) is 6. The molecule has 1 saturated carbocycles. The molecule has 7 unspecified atom stereocenters. The summed E-state index contributed by atoms with van der Waals surface area (Å²) in [5.41, 5.74) is 4.27. The fourth-order valence-electron chi connectivity index (χ4n) is 10.6. The van der Waals surface area contributed by atoms with Gasteiger partial charge in [-0.15, -0.1) is 6.58 Å². The van der Waals surface area contributed by atoms with Crippen LogP contribution < -0.4 is 14.2 Å². The van der Waals surface area contributed by atoms with E-state index in [2.05, 4.69) is 24.8 Å². The second-order valence-electron chi connectivity index (χ2n) is 18.3. The summed E-state index contributed by atoms with van der Waals surface area (Å²) >= 11 is 0. The van der Waals surface area contributed by atoms with Crippen molar-refractivity contribution in [2.45, 2.75) is 88.2 Å². The molecule has 3 N–H and O–H groups in total. The molecular formula is C55H65N3O13. The SMILES string of the molecule is C=CCOC12Oc3ccc(Oc4ccc(-c5ccccc5)cc4)cc3C3C(CCCCO)C(CCCCO)C=C(C(=NOC4CCCCO4)CC1N(CCOCCO)C(=O)Oc1ccc([N+](=O)[O-])cc1)C32. The van der Waals surface area contributed by atoms with Crippen molar-refractivity contribution in [2.24, 2.45) is 22.9 Å². The number of hydrogen-bond donors (Lipinski definition) is 3. The normalized spacial score (nSPS) is 23.9. The van der Waals surface area contributed by atoms with Crippen LogP contribution in [0.2, 0.25) is 0 Å². The van der Waals surface area contributed by atoms with Crippen LogP contribution in [0.5, 0.6) is 23.0 Å². The Bertz CT molecular complexity index is 2440. The van der Waals surface area contributed by atoms with E-state index in [1.54, 1.807) is 6.08 Å². The smallest absolute Gasteiger partial charge is 0.415 e. The Labute approximate surface area is 414 Å². The number of oxime groups is 1. The molecule has 16 heteroatoms. The van der Waals surface area contributed by atoms with Gasteiger partial charge in [-0.2, -0.15) is 0 Å². The number of carbonyl (C=O) groups excluding carboxylic acids is 1. The second-order valence-corrected chi connectivity index (χ2v) is 18.3. The zero-order valence-corrected chi connectivity index (χ0v) is 40.1. The fourth-order valence-corrected chi connectivity index (χ4v) is 10.6. The molecule has 0 aromatic heterocycles. The van der Waals surface area contributed by atoms with Crippen LogP contribution in [-0.2, 0) is 19.0 Å². The topological polar surface area (TPSA) is 201 Å². The number of non-ortho nitro benzene ring substituents is 1. The molecule has 378 valence electrons. The Morgan fingerprint density at radius 1 is 0.873 bits per heavy atom. The number of carbonyl (C=O) groups is 1. The van der Waals surface area contributed by atoms with Gasteiger partial charge in [0, 0.05) is 56.2 Å². The zero-order chi connectivity index (χ0) is 49.6. The molecule has 4 aromatic carbocycles.